The van der Waals surface area contributed by atoms with Crippen molar-refractivity contribution in [1.29, 1.82) is 0 Å². The summed E-state index contributed by atoms with van der Waals surface area (Å²) in [6.07, 6.45) is 8.40. The van der Waals surface area contributed by atoms with E-state index in [-0.39, 0.29) is 29.4 Å². The number of aryl methyl sites for hydroxylation is 1. The van der Waals surface area contributed by atoms with Gasteiger partial charge in [-0.15, -0.1) is 0 Å². The molecule has 1 fully saturated rings. The lowest BCUT2D eigenvalue weighted by Gasteiger charge is -2.29. The maximum atomic E-state index is 15.2. The van der Waals surface area contributed by atoms with Gasteiger partial charge in [-0.1, -0.05) is 0 Å². The maximum absolute atomic E-state index is 15.2. The molecule has 5 aromatic rings. The highest BCUT2D eigenvalue weighted by molar-refractivity contribution is 5.99. The summed E-state index contributed by atoms with van der Waals surface area (Å²) in [7, 11) is 1.91. The summed E-state index contributed by atoms with van der Waals surface area (Å²) in [5.41, 5.74) is 9.93. The van der Waals surface area contributed by atoms with E-state index < -0.39 is 5.82 Å². The van der Waals surface area contributed by atoms with Crippen LogP contribution in [0.25, 0.3) is 27.6 Å². The maximum Gasteiger partial charge on any atom is 0.257 e. The Morgan fingerprint density at radius 3 is 2.73 bits per heavy atom. The first kappa shape index (κ1) is 19.6. The summed E-state index contributed by atoms with van der Waals surface area (Å²) in [5.74, 6) is -0.759. The minimum Gasteiger partial charge on any atom is -0.382 e. The molecule has 1 amide bonds. The van der Waals surface area contributed by atoms with Crippen LogP contribution >= 0.6 is 0 Å². The van der Waals surface area contributed by atoms with Crippen molar-refractivity contribution < 1.29 is 9.18 Å². The van der Waals surface area contributed by atoms with Gasteiger partial charge in [-0.25, -0.2) is 19.3 Å². The van der Waals surface area contributed by atoms with E-state index in [1.807, 2.05) is 24.6 Å². The molecule has 1 aromatic carbocycles. The number of imidazole rings is 2. The first-order valence-electron chi connectivity index (χ1n) is 10.7. The highest BCUT2D eigenvalue weighted by atomic mass is 19.1. The lowest BCUT2D eigenvalue weighted by Crippen LogP contribution is -2.36. The topological polar surface area (TPSA) is 107 Å². The molecule has 0 saturated heterocycles. The second-order valence-corrected chi connectivity index (χ2v) is 8.54. The first-order chi connectivity index (χ1) is 15.9. The van der Waals surface area contributed by atoms with Crippen LogP contribution in [0.2, 0.25) is 0 Å². The zero-order valence-corrected chi connectivity index (χ0v) is 18.1. The Kier molecular flexibility index (Phi) is 4.13. The average Bonchev–Trinajstić information content (AvgIpc) is 3.36. The molecule has 1 aliphatic carbocycles. The summed E-state index contributed by atoms with van der Waals surface area (Å²) in [4.78, 5) is 32.8. The number of pyridine rings is 1. The number of carbonyl (C=O) groups is 1. The number of halogens is 1. The number of amides is 1. The molecule has 2 N–H and O–H groups in total. The molecule has 1 aliphatic rings. The Labute approximate surface area is 187 Å². The van der Waals surface area contributed by atoms with Crippen LogP contribution < -0.4 is 5.73 Å². The molecule has 0 radical (unpaired) electrons. The van der Waals surface area contributed by atoms with Crippen LogP contribution in [0.5, 0.6) is 0 Å². The van der Waals surface area contributed by atoms with Crippen LogP contribution in [0, 0.1) is 5.82 Å². The smallest absolute Gasteiger partial charge is 0.257 e. The molecular formula is C23H21FN8O. The summed E-state index contributed by atoms with van der Waals surface area (Å²) < 4.78 is 18.8. The molecule has 4 aromatic heterocycles. The standard InChI is InChI=1S/C23H21FN8O/c1-12(16-7-17-20(9-27-16)30(2)11-28-17)32(13-3-4-13)23(33)14-5-19-18(6-15(14)24)29-22(25)21-8-26-10-31(19)21/h5-13H,3-4H2,1-2H3,(H2,25,29). The highest BCUT2D eigenvalue weighted by Gasteiger charge is 2.38. The number of fused-ring (bicyclic) bond motifs is 4. The van der Waals surface area contributed by atoms with Gasteiger partial charge in [0.2, 0.25) is 0 Å². The number of nitrogens with two attached hydrogens (primary N) is 1. The normalized spacial score (nSPS) is 14.9. The van der Waals surface area contributed by atoms with Gasteiger partial charge in [-0.2, -0.15) is 0 Å². The van der Waals surface area contributed by atoms with Crippen molar-refractivity contribution >= 4 is 39.3 Å². The zero-order chi connectivity index (χ0) is 22.9. The lowest BCUT2D eigenvalue weighted by molar-refractivity contribution is 0.0665. The summed E-state index contributed by atoms with van der Waals surface area (Å²) in [6.45, 7) is 1.92. The van der Waals surface area contributed by atoms with Crippen LogP contribution in [0.1, 0.15) is 41.9 Å². The predicted octanol–water partition coefficient (Wildman–Crippen LogP) is 3.25. The number of nitrogens with zero attached hydrogens (tertiary/aromatic N) is 7. The van der Waals surface area contributed by atoms with Gasteiger partial charge in [0, 0.05) is 19.2 Å². The summed E-state index contributed by atoms with van der Waals surface area (Å²) >= 11 is 0. The fourth-order valence-corrected chi connectivity index (χ4v) is 4.42. The van der Waals surface area contributed by atoms with Crippen LogP contribution in [-0.4, -0.2) is 45.8 Å². The van der Waals surface area contributed by atoms with Gasteiger partial charge in [0.05, 0.1) is 64.4 Å². The molecule has 0 aliphatic heterocycles. The minimum atomic E-state index is -0.634. The fraction of sp³-hybridized carbons (Fsp3) is 0.261. The van der Waals surface area contributed by atoms with E-state index in [0.29, 0.717) is 22.2 Å². The number of carbonyl (C=O) groups excluding carboxylic acids is 1. The van der Waals surface area contributed by atoms with E-state index in [0.717, 1.165) is 23.9 Å². The van der Waals surface area contributed by atoms with Gasteiger partial charge in [-0.3, -0.25) is 14.2 Å². The van der Waals surface area contributed by atoms with E-state index in [9.17, 15) is 4.79 Å². The molecule has 9 nitrogen and oxygen atoms in total. The zero-order valence-electron chi connectivity index (χ0n) is 18.1. The van der Waals surface area contributed by atoms with Gasteiger partial charge >= 0.3 is 0 Å². The predicted molar refractivity (Wildman–Crippen MR) is 121 cm³/mol. The molecule has 6 rings (SSSR count). The van der Waals surface area contributed by atoms with Crippen LogP contribution in [0.15, 0.2) is 43.2 Å². The van der Waals surface area contributed by atoms with Gasteiger partial charge in [-0.05, 0) is 31.9 Å². The minimum absolute atomic E-state index is 0.0123. The van der Waals surface area contributed by atoms with Gasteiger partial charge in [0.1, 0.15) is 17.2 Å². The Hall–Kier alpha value is -4.08. The number of hydrogen-bond acceptors (Lipinski definition) is 6. The van der Waals surface area contributed by atoms with Gasteiger partial charge in [0.15, 0.2) is 0 Å². The van der Waals surface area contributed by atoms with Crippen molar-refractivity contribution in [2.24, 2.45) is 7.05 Å². The van der Waals surface area contributed by atoms with E-state index in [4.69, 9.17) is 5.73 Å². The van der Waals surface area contributed by atoms with Gasteiger partial charge < -0.3 is 15.2 Å². The van der Waals surface area contributed by atoms with E-state index in [1.165, 1.54) is 12.1 Å². The number of rotatable bonds is 4. The Bertz CT molecular complexity index is 1570. The molecule has 0 spiro atoms. The van der Waals surface area contributed by atoms with Crippen molar-refractivity contribution in [3.8, 4) is 0 Å². The SMILES string of the molecule is CC(c1cc2ncn(C)c2cn1)N(C(=O)c1cc2c(cc1F)nc(N)c1cncn12)C1CC1. The third-order valence-electron chi connectivity index (χ3n) is 6.35. The Morgan fingerprint density at radius 1 is 1.12 bits per heavy atom. The Balaban J connectivity index is 1.44. The number of anilines is 1. The van der Waals surface area contributed by atoms with Crippen molar-refractivity contribution in [1.82, 2.24) is 33.8 Å². The molecule has 166 valence electrons. The Morgan fingerprint density at radius 2 is 1.94 bits per heavy atom. The molecular weight excluding hydrogens is 423 g/mol. The molecule has 4 heterocycles. The van der Waals surface area contributed by atoms with E-state index in [1.54, 1.807) is 34.3 Å². The van der Waals surface area contributed by atoms with Crippen molar-refractivity contribution in [3.05, 3.63) is 60.3 Å². The number of benzene rings is 1. The van der Waals surface area contributed by atoms with E-state index >= 15 is 4.39 Å². The van der Waals surface area contributed by atoms with Crippen LogP contribution in [0.4, 0.5) is 10.2 Å². The molecule has 1 atom stereocenters. The molecule has 0 bridgehead atoms. The molecule has 10 heteroatoms. The van der Waals surface area contributed by atoms with Crippen LogP contribution in [-0.2, 0) is 7.05 Å². The van der Waals surface area contributed by atoms with Crippen molar-refractivity contribution in [3.63, 3.8) is 0 Å². The van der Waals surface area contributed by atoms with Gasteiger partial charge in [0.25, 0.3) is 5.91 Å². The first-order valence-corrected chi connectivity index (χ1v) is 10.7. The monoisotopic (exact) mass is 444 g/mol. The molecule has 1 unspecified atom stereocenters. The quantitative estimate of drug-likeness (QED) is 0.456. The number of aromatic nitrogens is 6. The largest absolute Gasteiger partial charge is 0.382 e. The molecule has 33 heavy (non-hydrogen) atoms. The second-order valence-electron chi connectivity index (χ2n) is 8.54. The highest BCUT2D eigenvalue weighted by Crippen LogP contribution is 2.36. The van der Waals surface area contributed by atoms with Crippen molar-refractivity contribution in [2.45, 2.75) is 31.8 Å². The molecule has 1 saturated carbocycles. The third kappa shape index (κ3) is 3.01. The fourth-order valence-electron chi connectivity index (χ4n) is 4.42. The van der Waals surface area contributed by atoms with Crippen molar-refractivity contribution in [2.75, 3.05) is 5.73 Å². The van der Waals surface area contributed by atoms with Crippen LogP contribution in [0.3, 0.4) is 0 Å². The lowest BCUT2D eigenvalue weighted by atomic mass is 10.1. The number of hydrogen-bond donors (Lipinski definition) is 1. The third-order valence-corrected chi connectivity index (χ3v) is 6.35. The average molecular weight is 444 g/mol. The van der Waals surface area contributed by atoms with E-state index in [2.05, 4.69) is 19.9 Å². The number of nitrogen functional groups attached to an aromatic ring is 1. The summed E-state index contributed by atoms with van der Waals surface area (Å²) in [5, 5.41) is 0. The summed E-state index contributed by atoms with van der Waals surface area (Å²) in [6, 6.07) is 4.38. The second kappa shape index (κ2) is 6.96.